The Morgan fingerprint density at radius 3 is 2.45 bits per heavy atom. The van der Waals surface area contributed by atoms with Gasteiger partial charge in [-0.2, -0.15) is 0 Å². The molecular weight excluding hydrogens is 246 g/mol. The molecule has 2 aliphatic heterocycles. The van der Waals surface area contributed by atoms with Crippen LogP contribution in [0.15, 0.2) is 36.9 Å². The predicted octanol–water partition coefficient (Wildman–Crippen LogP) is 3.32. The van der Waals surface area contributed by atoms with Crippen molar-refractivity contribution >= 4 is 5.57 Å². The van der Waals surface area contributed by atoms with E-state index < -0.39 is 6.10 Å². The normalized spacial score (nSPS) is 31.2. The molecule has 0 radical (unpaired) electrons. The summed E-state index contributed by atoms with van der Waals surface area (Å²) in [6, 6.07) is 11.6. The van der Waals surface area contributed by atoms with E-state index in [0.29, 0.717) is 5.92 Å². The number of aliphatic hydroxyl groups excluding tert-OH is 1. The summed E-state index contributed by atoms with van der Waals surface area (Å²) < 4.78 is 0. The van der Waals surface area contributed by atoms with Crippen molar-refractivity contribution in [3.8, 4) is 0 Å². The van der Waals surface area contributed by atoms with Gasteiger partial charge < -0.3 is 10.0 Å². The van der Waals surface area contributed by atoms with Crippen molar-refractivity contribution in [3.63, 3.8) is 0 Å². The van der Waals surface area contributed by atoms with Crippen LogP contribution in [0.1, 0.15) is 37.7 Å². The van der Waals surface area contributed by atoms with Gasteiger partial charge >= 0.3 is 0 Å². The quantitative estimate of drug-likeness (QED) is 0.908. The first-order chi connectivity index (χ1) is 9.65. The third-order valence-corrected chi connectivity index (χ3v) is 5.30. The molecule has 1 N–H and O–H groups in total. The minimum atomic E-state index is -0.398. The Hall–Kier alpha value is -1.12. The number of benzene rings is 1. The van der Waals surface area contributed by atoms with Crippen molar-refractivity contribution in [3.05, 3.63) is 42.5 Å². The molecular formula is C18H25NO. The van der Waals surface area contributed by atoms with Crippen molar-refractivity contribution in [2.24, 2.45) is 5.92 Å². The molecule has 2 heteroatoms. The molecule has 3 rings (SSSR count). The third-order valence-electron chi connectivity index (χ3n) is 5.30. The summed E-state index contributed by atoms with van der Waals surface area (Å²) in [5.74, 6) is 0.652. The number of fused-ring (bicyclic) bond motifs is 2. The fraction of sp³-hybridized carbons (Fsp3) is 0.556. The molecule has 0 aliphatic carbocycles. The first kappa shape index (κ1) is 13.8. The van der Waals surface area contributed by atoms with Gasteiger partial charge in [0.1, 0.15) is 0 Å². The molecule has 2 saturated heterocycles. The van der Waals surface area contributed by atoms with Gasteiger partial charge in [-0.25, -0.2) is 0 Å². The van der Waals surface area contributed by atoms with E-state index in [1.807, 2.05) is 30.3 Å². The van der Waals surface area contributed by atoms with E-state index in [0.717, 1.165) is 29.6 Å². The fourth-order valence-corrected chi connectivity index (χ4v) is 4.02. The summed E-state index contributed by atoms with van der Waals surface area (Å²) in [5, 5.41) is 10.5. The Kier molecular flexibility index (Phi) is 3.95. The number of hydrogen-bond acceptors (Lipinski definition) is 2. The number of hydrogen-bond donors (Lipinski definition) is 1. The van der Waals surface area contributed by atoms with Gasteiger partial charge in [0.05, 0.1) is 6.10 Å². The highest BCUT2D eigenvalue weighted by atomic mass is 16.3. The molecule has 0 saturated carbocycles. The molecule has 2 bridgehead atoms. The molecule has 20 heavy (non-hydrogen) atoms. The predicted molar refractivity (Wildman–Crippen MR) is 83.4 cm³/mol. The van der Waals surface area contributed by atoms with E-state index in [1.54, 1.807) is 0 Å². The van der Waals surface area contributed by atoms with Crippen LogP contribution in [0.3, 0.4) is 0 Å². The largest absolute Gasteiger partial charge is 0.388 e. The van der Waals surface area contributed by atoms with E-state index >= 15 is 0 Å². The topological polar surface area (TPSA) is 23.5 Å². The van der Waals surface area contributed by atoms with Gasteiger partial charge in [-0.1, -0.05) is 36.9 Å². The van der Waals surface area contributed by atoms with Crippen molar-refractivity contribution < 1.29 is 5.11 Å². The molecule has 2 nitrogen and oxygen atoms in total. The van der Waals surface area contributed by atoms with Gasteiger partial charge in [0.15, 0.2) is 0 Å². The summed E-state index contributed by atoms with van der Waals surface area (Å²) in [6.45, 7) is 4.10. The highest BCUT2D eigenvalue weighted by Gasteiger charge is 2.38. The number of nitrogens with zero attached hydrogens (tertiary/aromatic N) is 1. The molecule has 4 atom stereocenters. The lowest BCUT2D eigenvalue weighted by Crippen LogP contribution is -2.40. The van der Waals surface area contributed by atoms with Crippen molar-refractivity contribution in [1.82, 2.24) is 4.90 Å². The number of aliphatic hydroxyl groups is 1. The van der Waals surface area contributed by atoms with Crippen LogP contribution in [0.4, 0.5) is 0 Å². The molecule has 0 spiro atoms. The van der Waals surface area contributed by atoms with Crippen LogP contribution in [-0.2, 0) is 0 Å². The molecule has 1 aromatic carbocycles. The Balaban J connectivity index is 1.60. The molecule has 2 fully saturated rings. The Morgan fingerprint density at radius 2 is 1.85 bits per heavy atom. The first-order valence-electron chi connectivity index (χ1n) is 7.79. The van der Waals surface area contributed by atoms with E-state index in [2.05, 4.69) is 18.5 Å². The third kappa shape index (κ3) is 2.68. The second-order valence-corrected chi connectivity index (χ2v) is 6.53. The number of piperidine rings is 1. The maximum atomic E-state index is 10.5. The molecule has 1 aromatic rings. The Morgan fingerprint density at radius 1 is 1.25 bits per heavy atom. The monoisotopic (exact) mass is 271 g/mol. The van der Waals surface area contributed by atoms with Gasteiger partial charge in [0.25, 0.3) is 0 Å². The van der Waals surface area contributed by atoms with Gasteiger partial charge in [-0.05, 0) is 56.2 Å². The smallest absolute Gasteiger partial charge is 0.0792 e. The van der Waals surface area contributed by atoms with Gasteiger partial charge in [-0.3, -0.25) is 0 Å². The zero-order valence-electron chi connectivity index (χ0n) is 12.3. The van der Waals surface area contributed by atoms with Gasteiger partial charge in [-0.15, -0.1) is 0 Å². The van der Waals surface area contributed by atoms with Crippen LogP contribution >= 0.6 is 0 Å². The maximum Gasteiger partial charge on any atom is 0.0792 e. The lowest BCUT2D eigenvalue weighted by Gasteiger charge is -2.37. The summed E-state index contributed by atoms with van der Waals surface area (Å²) in [4.78, 5) is 2.55. The summed E-state index contributed by atoms with van der Waals surface area (Å²) in [6.07, 6.45) is 5.64. The van der Waals surface area contributed by atoms with Crippen molar-refractivity contribution in [2.45, 2.75) is 50.3 Å². The molecule has 2 aliphatic rings. The SMILES string of the molecule is C=C(c1ccccc1)C(O)CC1C[C@H]2CC[C@@H](C1)N2C. The van der Waals surface area contributed by atoms with Crippen LogP contribution in [-0.4, -0.2) is 35.2 Å². The second kappa shape index (κ2) is 5.71. The summed E-state index contributed by atoms with van der Waals surface area (Å²) >= 11 is 0. The van der Waals surface area contributed by atoms with E-state index in [1.165, 1.54) is 25.7 Å². The lowest BCUT2D eigenvalue weighted by atomic mass is 9.84. The maximum absolute atomic E-state index is 10.5. The molecule has 2 heterocycles. The molecule has 0 amide bonds. The van der Waals surface area contributed by atoms with E-state index in [4.69, 9.17) is 0 Å². The second-order valence-electron chi connectivity index (χ2n) is 6.53. The summed E-state index contributed by atoms with van der Waals surface area (Å²) in [5.41, 5.74) is 1.94. The fourth-order valence-electron chi connectivity index (χ4n) is 4.02. The molecule has 108 valence electrons. The van der Waals surface area contributed by atoms with E-state index in [9.17, 15) is 5.11 Å². The molecule has 0 aromatic heterocycles. The van der Waals surface area contributed by atoms with Gasteiger partial charge in [0.2, 0.25) is 0 Å². The van der Waals surface area contributed by atoms with Gasteiger partial charge in [0, 0.05) is 12.1 Å². The highest BCUT2D eigenvalue weighted by Crippen LogP contribution is 2.39. The Bertz CT molecular complexity index is 456. The van der Waals surface area contributed by atoms with Crippen LogP contribution in [0.5, 0.6) is 0 Å². The lowest BCUT2D eigenvalue weighted by molar-refractivity contribution is 0.103. The average molecular weight is 271 g/mol. The zero-order chi connectivity index (χ0) is 14.1. The van der Waals surface area contributed by atoms with Crippen LogP contribution in [0, 0.1) is 5.92 Å². The highest BCUT2D eigenvalue weighted by molar-refractivity contribution is 5.66. The molecule has 2 unspecified atom stereocenters. The van der Waals surface area contributed by atoms with Crippen LogP contribution in [0.25, 0.3) is 5.57 Å². The first-order valence-corrected chi connectivity index (χ1v) is 7.79. The number of rotatable bonds is 4. The Labute approximate surface area is 122 Å². The van der Waals surface area contributed by atoms with Crippen molar-refractivity contribution in [1.29, 1.82) is 0 Å². The zero-order valence-corrected chi connectivity index (χ0v) is 12.3. The standard InChI is InChI=1S/C18H25NO/c1-13(15-6-4-3-5-7-15)18(20)12-14-10-16-8-9-17(11-14)19(16)2/h3-7,14,16-18,20H,1,8-12H2,2H3/t14?,16-,17+,18?. The minimum absolute atomic E-state index is 0.398. The van der Waals surface area contributed by atoms with Crippen molar-refractivity contribution in [2.75, 3.05) is 7.05 Å². The average Bonchev–Trinajstić information content (AvgIpc) is 2.69. The summed E-state index contributed by atoms with van der Waals surface area (Å²) in [7, 11) is 2.26. The minimum Gasteiger partial charge on any atom is -0.388 e. The van der Waals surface area contributed by atoms with Crippen LogP contribution < -0.4 is 0 Å². The van der Waals surface area contributed by atoms with E-state index in [-0.39, 0.29) is 0 Å². The van der Waals surface area contributed by atoms with Crippen LogP contribution in [0.2, 0.25) is 0 Å².